The number of carbonyl (C=O) groups is 1. The molecule has 0 saturated heterocycles. The number of nitrogens with zero attached hydrogens (tertiary/aromatic N) is 3. The maximum atomic E-state index is 13.2. The highest BCUT2D eigenvalue weighted by atomic mass is 16.5. The fourth-order valence-corrected chi connectivity index (χ4v) is 4.08. The molecule has 0 aromatic heterocycles. The van der Waals surface area contributed by atoms with Crippen LogP contribution < -0.4 is 10.5 Å². The molecule has 0 unspecified atom stereocenters. The minimum absolute atomic E-state index is 0.0779. The number of nitrogens with two attached hydrogens (primary N) is 1. The zero-order valence-corrected chi connectivity index (χ0v) is 16.5. The van der Waals surface area contributed by atoms with Crippen LogP contribution in [-0.4, -0.2) is 37.0 Å². The van der Waals surface area contributed by atoms with Crippen molar-refractivity contribution in [2.45, 2.75) is 32.6 Å². The van der Waals surface area contributed by atoms with Gasteiger partial charge in [0.25, 0.3) is 0 Å². The van der Waals surface area contributed by atoms with E-state index in [4.69, 9.17) is 10.5 Å². The summed E-state index contributed by atoms with van der Waals surface area (Å²) in [6, 6.07) is 9.75. The number of hydrazine groups is 1. The average Bonchev–Trinajstić information content (AvgIpc) is 2.59. The topological polar surface area (TPSA) is 82.6 Å². The van der Waals surface area contributed by atoms with Gasteiger partial charge in [-0.3, -0.25) is 9.80 Å². The first-order chi connectivity index (χ1) is 12.7. The second kappa shape index (κ2) is 6.75. The summed E-state index contributed by atoms with van der Waals surface area (Å²) >= 11 is 0. The Kier molecular flexibility index (Phi) is 4.75. The van der Waals surface area contributed by atoms with Crippen LogP contribution in [0.5, 0.6) is 5.75 Å². The minimum Gasteiger partial charge on any atom is -0.497 e. The Morgan fingerprint density at radius 1 is 1.26 bits per heavy atom. The number of nitriles is 1. The molecule has 1 heterocycles. The molecule has 0 bridgehead atoms. The lowest BCUT2D eigenvalue weighted by Gasteiger charge is -2.45. The summed E-state index contributed by atoms with van der Waals surface area (Å²) in [6.45, 7) is 4.18. The van der Waals surface area contributed by atoms with Crippen LogP contribution in [0.4, 0.5) is 0 Å². The van der Waals surface area contributed by atoms with Crippen LogP contribution in [0.3, 0.4) is 0 Å². The Hall–Kier alpha value is -2.78. The van der Waals surface area contributed by atoms with Crippen LogP contribution in [-0.2, 0) is 4.79 Å². The van der Waals surface area contributed by atoms with Gasteiger partial charge < -0.3 is 10.5 Å². The number of Topliss-reactive ketones (excluding diaryl/α,β-unsaturated/α-hetero) is 1. The monoisotopic (exact) mass is 366 g/mol. The molecule has 27 heavy (non-hydrogen) atoms. The van der Waals surface area contributed by atoms with Gasteiger partial charge in [-0.25, -0.2) is 5.01 Å². The summed E-state index contributed by atoms with van der Waals surface area (Å²) in [6.07, 6.45) is 1.18. The normalized spacial score (nSPS) is 22.0. The van der Waals surface area contributed by atoms with Crippen molar-refractivity contribution in [1.29, 1.82) is 5.26 Å². The number of ether oxygens (including phenoxy) is 1. The van der Waals surface area contributed by atoms with Gasteiger partial charge >= 0.3 is 0 Å². The van der Waals surface area contributed by atoms with Crippen molar-refractivity contribution in [2.75, 3.05) is 21.2 Å². The highest BCUT2D eigenvalue weighted by molar-refractivity contribution is 6.00. The summed E-state index contributed by atoms with van der Waals surface area (Å²) in [7, 11) is 5.34. The van der Waals surface area contributed by atoms with Crippen LogP contribution in [0, 0.1) is 16.7 Å². The SMILES string of the molecule is COc1ccc([C@@H]2C(C#N)=C(N)N(N(C)C)C3=C2C(=O)CC(C)(C)C3)cc1. The first-order valence-electron chi connectivity index (χ1n) is 8.97. The molecule has 0 spiro atoms. The van der Waals surface area contributed by atoms with Gasteiger partial charge in [0.15, 0.2) is 5.78 Å². The lowest BCUT2D eigenvalue weighted by Crippen LogP contribution is -2.47. The number of hydrogen-bond donors (Lipinski definition) is 1. The lowest BCUT2D eigenvalue weighted by molar-refractivity contribution is -0.119. The Bertz CT molecular complexity index is 872. The first kappa shape index (κ1) is 19.0. The summed E-state index contributed by atoms with van der Waals surface area (Å²) in [5.41, 5.74) is 9.12. The Morgan fingerprint density at radius 2 is 1.89 bits per heavy atom. The fraction of sp³-hybridized carbons (Fsp3) is 0.429. The van der Waals surface area contributed by atoms with Crippen molar-refractivity contribution >= 4 is 5.78 Å². The number of benzene rings is 1. The second-order valence-corrected chi connectivity index (χ2v) is 8.08. The molecule has 3 rings (SSSR count). The van der Waals surface area contributed by atoms with Gasteiger partial charge in [0.1, 0.15) is 11.6 Å². The molecule has 142 valence electrons. The third-order valence-corrected chi connectivity index (χ3v) is 5.20. The maximum absolute atomic E-state index is 13.2. The first-order valence-corrected chi connectivity index (χ1v) is 8.97. The summed E-state index contributed by atoms with van der Waals surface area (Å²) in [5, 5.41) is 13.5. The molecule has 1 atom stereocenters. The molecule has 1 aromatic rings. The minimum atomic E-state index is -0.448. The predicted molar refractivity (Wildman–Crippen MR) is 103 cm³/mol. The van der Waals surface area contributed by atoms with Crippen LogP contribution in [0.2, 0.25) is 0 Å². The van der Waals surface area contributed by atoms with Crippen molar-refractivity contribution in [3.63, 3.8) is 0 Å². The summed E-state index contributed by atoms with van der Waals surface area (Å²) in [4.78, 5) is 13.2. The van der Waals surface area contributed by atoms with Gasteiger partial charge in [0.05, 0.1) is 24.7 Å². The standard InChI is InChI=1S/C21H26N4O2/c1-21(2)10-16-19(17(26)11-21)18(13-6-8-14(27-5)9-7-13)15(12-22)20(23)25(16)24(3)4/h6-9,18H,10-11,23H2,1-5H3/t18-/m1/s1. The molecule has 0 radical (unpaired) electrons. The van der Waals surface area contributed by atoms with Gasteiger partial charge in [-0.1, -0.05) is 26.0 Å². The van der Waals surface area contributed by atoms with E-state index in [1.54, 1.807) is 7.11 Å². The largest absolute Gasteiger partial charge is 0.497 e. The number of ketones is 1. The van der Waals surface area contributed by atoms with Gasteiger partial charge in [0, 0.05) is 31.8 Å². The van der Waals surface area contributed by atoms with E-state index >= 15 is 0 Å². The number of methoxy groups -OCH3 is 1. The van der Waals surface area contributed by atoms with Gasteiger partial charge in [-0.15, -0.1) is 0 Å². The van der Waals surface area contributed by atoms with Gasteiger partial charge in [0.2, 0.25) is 0 Å². The third-order valence-electron chi connectivity index (χ3n) is 5.20. The molecule has 0 saturated carbocycles. The molecular weight excluding hydrogens is 340 g/mol. The Morgan fingerprint density at radius 3 is 2.41 bits per heavy atom. The number of carbonyl (C=O) groups excluding carboxylic acids is 1. The molecule has 0 amide bonds. The summed E-state index contributed by atoms with van der Waals surface area (Å²) < 4.78 is 5.24. The molecule has 2 N–H and O–H groups in total. The van der Waals surface area contributed by atoms with Crippen LogP contribution in [0.25, 0.3) is 0 Å². The quantitative estimate of drug-likeness (QED) is 0.886. The third kappa shape index (κ3) is 3.19. The van der Waals surface area contributed by atoms with Crippen molar-refractivity contribution in [1.82, 2.24) is 10.0 Å². The fourth-order valence-electron chi connectivity index (χ4n) is 4.08. The van der Waals surface area contributed by atoms with E-state index in [-0.39, 0.29) is 11.2 Å². The van der Waals surface area contributed by atoms with Crippen molar-refractivity contribution in [2.24, 2.45) is 11.1 Å². The van der Waals surface area contributed by atoms with Crippen molar-refractivity contribution in [3.05, 3.63) is 52.5 Å². The number of hydrogen-bond acceptors (Lipinski definition) is 6. The molecular formula is C21H26N4O2. The maximum Gasteiger partial charge on any atom is 0.162 e. The predicted octanol–water partition coefficient (Wildman–Crippen LogP) is 2.91. The van der Waals surface area contributed by atoms with E-state index in [9.17, 15) is 10.1 Å². The second-order valence-electron chi connectivity index (χ2n) is 8.08. The van der Waals surface area contributed by atoms with Crippen LogP contribution >= 0.6 is 0 Å². The number of allylic oxidation sites excluding steroid dienone is 3. The molecule has 2 aliphatic rings. The zero-order chi connectivity index (χ0) is 19.9. The number of rotatable bonds is 3. The Balaban J connectivity index is 2.24. The molecule has 0 fully saturated rings. The van der Waals surface area contributed by atoms with E-state index in [1.807, 2.05) is 48.4 Å². The highest BCUT2D eigenvalue weighted by Crippen LogP contribution is 2.49. The smallest absolute Gasteiger partial charge is 0.162 e. The molecule has 1 aliphatic carbocycles. The van der Waals surface area contributed by atoms with E-state index in [0.717, 1.165) is 23.4 Å². The molecule has 6 nitrogen and oxygen atoms in total. The molecule has 6 heteroatoms. The van der Waals surface area contributed by atoms with Gasteiger partial charge in [-0.2, -0.15) is 5.26 Å². The van der Waals surface area contributed by atoms with E-state index < -0.39 is 5.92 Å². The van der Waals surface area contributed by atoms with Crippen LogP contribution in [0.15, 0.2) is 46.9 Å². The lowest BCUT2D eigenvalue weighted by atomic mass is 9.69. The van der Waals surface area contributed by atoms with E-state index in [1.165, 1.54) is 0 Å². The van der Waals surface area contributed by atoms with Crippen molar-refractivity contribution in [3.8, 4) is 11.8 Å². The average molecular weight is 366 g/mol. The van der Waals surface area contributed by atoms with E-state index in [0.29, 0.717) is 23.4 Å². The van der Waals surface area contributed by atoms with E-state index in [2.05, 4.69) is 19.9 Å². The molecule has 1 aliphatic heterocycles. The zero-order valence-electron chi connectivity index (χ0n) is 16.5. The highest BCUT2D eigenvalue weighted by Gasteiger charge is 2.44. The summed E-state index contributed by atoms with van der Waals surface area (Å²) in [5.74, 6) is 0.739. The van der Waals surface area contributed by atoms with Gasteiger partial charge in [-0.05, 0) is 29.5 Å². The molecule has 1 aromatic carbocycles. The Labute approximate surface area is 160 Å². The van der Waals surface area contributed by atoms with Crippen LogP contribution in [0.1, 0.15) is 38.2 Å². The van der Waals surface area contributed by atoms with Crippen molar-refractivity contribution < 1.29 is 9.53 Å².